The predicted octanol–water partition coefficient (Wildman–Crippen LogP) is 3.28. The Labute approximate surface area is 122 Å². The van der Waals surface area contributed by atoms with Crippen LogP contribution >= 0.6 is 11.6 Å². The molecule has 1 rings (SSSR count). The van der Waals surface area contributed by atoms with E-state index in [4.69, 9.17) is 22.1 Å². The summed E-state index contributed by atoms with van der Waals surface area (Å²) >= 11 is 5.99. The second-order valence-corrected chi connectivity index (χ2v) is 4.67. The molecule has 0 bridgehead atoms. The van der Waals surface area contributed by atoms with Crippen molar-refractivity contribution in [2.45, 2.75) is 13.8 Å². The van der Waals surface area contributed by atoms with Gasteiger partial charge in [-0.05, 0) is 18.2 Å². The van der Waals surface area contributed by atoms with Crippen LogP contribution in [0.2, 0.25) is 5.02 Å². The van der Waals surface area contributed by atoms with Gasteiger partial charge in [-0.25, -0.2) is 0 Å². The number of carbonyl (C=O) groups is 1. The Hall–Kier alpha value is -2.50. The molecule has 0 aliphatic heterocycles. The molecule has 0 saturated carbocycles. The summed E-state index contributed by atoms with van der Waals surface area (Å²) in [6.07, 6.45) is 1.26. The summed E-state index contributed by atoms with van der Waals surface area (Å²) in [5.74, 6) is -0.241. The molecule has 0 saturated heterocycles. The standard InChI is InChI=1S/C14H13ClN4O/c1-9(2)14(20)19-11-3-4-12(15)13(5-11)18-8-10(6-16)7-17/h3-5,8-9,18H,1-2H3,(H,19,20). The van der Waals surface area contributed by atoms with E-state index in [-0.39, 0.29) is 17.4 Å². The minimum atomic E-state index is -0.134. The summed E-state index contributed by atoms with van der Waals surface area (Å²) in [6, 6.07) is 8.38. The van der Waals surface area contributed by atoms with Gasteiger partial charge in [-0.15, -0.1) is 0 Å². The van der Waals surface area contributed by atoms with Crippen molar-refractivity contribution in [3.63, 3.8) is 0 Å². The number of amides is 1. The molecule has 0 spiro atoms. The first-order chi connectivity index (χ1) is 9.47. The highest BCUT2D eigenvalue weighted by atomic mass is 35.5. The van der Waals surface area contributed by atoms with Crippen LogP contribution in [0.5, 0.6) is 0 Å². The molecule has 5 nitrogen and oxygen atoms in total. The summed E-state index contributed by atoms with van der Waals surface area (Å²) in [5.41, 5.74) is 1.01. The lowest BCUT2D eigenvalue weighted by Crippen LogP contribution is -2.17. The van der Waals surface area contributed by atoms with E-state index in [9.17, 15) is 4.79 Å². The third kappa shape index (κ3) is 4.31. The number of hydrogen-bond acceptors (Lipinski definition) is 4. The van der Waals surface area contributed by atoms with E-state index in [1.54, 1.807) is 44.2 Å². The van der Waals surface area contributed by atoms with Gasteiger partial charge in [0, 0.05) is 17.8 Å². The first-order valence-corrected chi connectivity index (χ1v) is 6.23. The van der Waals surface area contributed by atoms with E-state index in [0.717, 1.165) is 0 Å². The monoisotopic (exact) mass is 288 g/mol. The van der Waals surface area contributed by atoms with Crippen molar-refractivity contribution in [1.29, 1.82) is 10.5 Å². The second-order valence-electron chi connectivity index (χ2n) is 4.26. The van der Waals surface area contributed by atoms with E-state index < -0.39 is 0 Å². The lowest BCUT2D eigenvalue weighted by Gasteiger charge is -2.10. The lowest BCUT2D eigenvalue weighted by molar-refractivity contribution is -0.118. The molecule has 1 amide bonds. The second kappa shape index (κ2) is 7.18. The fraction of sp³-hybridized carbons (Fsp3) is 0.214. The molecule has 6 heteroatoms. The number of nitriles is 2. The number of rotatable bonds is 4. The Kier molecular flexibility index (Phi) is 5.58. The number of halogens is 1. The maximum atomic E-state index is 11.6. The van der Waals surface area contributed by atoms with Crippen LogP contribution in [-0.4, -0.2) is 5.91 Å². The third-order valence-corrected chi connectivity index (χ3v) is 2.70. The Morgan fingerprint density at radius 1 is 1.35 bits per heavy atom. The average Bonchev–Trinajstić information content (AvgIpc) is 2.43. The first-order valence-electron chi connectivity index (χ1n) is 5.85. The van der Waals surface area contributed by atoms with Crippen molar-refractivity contribution >= 4 is 28.9 Å². The highest BCUT2D eigenvalue weighted by Gasteiger charge is 2.08. The smallest absolute Gasteiger partial charge is 0.226 e. The Morgan fingerprint density at radius 3 is 2.55 bits per heavy atom. The van der Waals surface area contributed by atoms with Crippen molar-refractivity contribution in [2.24, 2.45) is 5.92 Å². The topological polar surface area (TPSA) is 88.7 Å². The van der Waals surface area contributed by atoms with Crippen LogP contribution < -0.4 is 10.6 Å². The predicted molar refractivity (Wildman–Crippen MR) is 77.9 cm³/mol. The van der Waals surface area contributed by atoms with Crippen LogP contribution in [-0.2, 0) is 4.79 Å². The quantitative estimate of drug-likeness (QED) is 0.832. The zero-order valence-corrected chi connectivity index (χ0v) is 11.8. The molecule has 0 aromatic heterocycles. The summed E-state index contributed by atoms with van der Waals surface area (Å²) in [5, 5.41) is 23.2. The molecule has 102 valence electrons. The van der Waals surface area contributed by atoms with Gasteiger partial charge >= 0.3 is 0 Å². The lowest BCUT2D eigenvalue weighted by atomic mass is 10.2. The fourth-order valence-electron chi connectivity index (χ4n) is 1.24. The minimum absolute atomic E-state index is 0.0716. The molecular weight excluding hydrogens is 276 g/mol. The summed E-state index contributed by atoms with van der Waals surface area (Å²) in [4.78, 5) is 11.6. The van der Waals surface area contributed by atoms with E-state index in [1.807, 2.05) is 0 Å². The van der Waals surface area contributed by atoms with E-state index in [0.29, 0.717) is 16.4 Å². The summed E-state index contributed by atoms with van der Waals surface area (Å²) in [7, 11) is 0. The number of nitrogens with one attached hydrogen (secondary N) is 2. The van der Waals surface area contributed by atoms with E-state index >= 15 is 0 Å². The van der Waals surface area contributed by atoms with Crippen LogP contribution in [0.1, 0.15) is 13.8 Å². The van der Waals surface area contributed by atoms with Gasteiger partial charge in [-0.3, -0.25) is 4.79 Å². The molecule has 1 aromatic rings. The number of allylic oxidation sites excluding steroid dienone is 1. The fourth-order valence-corrected chi connectivity index (χ4v) is 1.41. The molecule has 20 heavy (non-hydrogen) atoms. The van der Waals surface area contributed by atoms with Crippen molar-refractivity contribution < 1.29 is 4.79 Å². The van der Waals surface area contributed by atoms with Crippen molar-refractivity contribution in [3.05, 3.63) is 35.0 Å². The molecule has 2 N–H and O–H groups in total. The van der Waals surface area contributed by atoms with Crippen LogP contribution in [0.4, 0.5) is 11.4 Å². The summed E-state index contributed by atoms with van der Waals surface area (Å²) in [6.45, 7) is 3.58. The number of anilines is 2. The molecular formula is C14H13ClN4O. The van der Waals surface area contributed by atoms with Gasteiger partial charge in [-0.1, -0.05) is 25.4 Å². The van der Waals surface area contributed by atoms with Crippen LogP contribution in [0, 0.1) is 28.6 Å². The highest BCUT2D eigenvalue weighted by Crippen LogP contribution is 2.26. The number of benzene rings is 1. The minimum Gasteiger partial charge on any atom is -0.359 e. The van der Waals surface area contributed by atoms with Crippen molar-refractivity contribution in [1.82, 2.24) is 0 Å². The maximum Gasteiger partial charge on any atom is 0.226 e. The van der Waals surface area contributed by atoms with Gasteiger partial charge < -0.3 is 10.6 Å². The van der Waals surface area contributed by atoms with Gasteiger partial charge in [-0.2, -0.15) is 10.5 Å². The normalized spacial score (nSPS) is 9.30. The van der Waals surface area contributed by atoms with Crippen LogP contribution in [0.25, 0.3) is 0 Å². The number of carbonyl (C=O) groups excluding carboxylic acids is 1. The molecule has 0 heterocycles. The Balaban J connectivity index is 2.93. The number of nitrogens with zero attached hydrogens (tertiary/aromatic N) is 2. The van der Waals surface area contributed by atoms with Gasteiger partial charge in [0.2, 0.25) is 5.91 Å². The average molecular weight is 289 g/mol. The molecule has 0 unspecified atom stereocenters. The van der Waals surface area contributed by atoms with Gasteiger partial charge in [0.25, 0.3) is 0 Å². The van der Waals surface area contributed by atoms with Crippen LogP contribution in [0.15, 0.2) is 30.0 Å². The van der Waals surface area contributed by atoms with Gasteiger partial charge in [0.05, 0.1) is 10.7 Å². The maximum absolute atomic E-state index is 11.6. The molecule has 0 aliphatic rings. The molecule has 0 radical (unpaired) electrons. The zero-order chi connectivity index (χ0) is 15.1. The molecule has 1 aromatic carbocycles. The van der Waals surface area contributed by atoms with Crippen molar-refractivity contribution in [2.75, 3.05) is 10.6 Å². The van der Waals surface area contributed by atoms with Crippen molar-refractivity contribution in [3.8, 4) is 12.1 Å². The van der Waals surface area contributed by atoms with Crippen LogP contribution in [0.3, 0.4) is 0 Å². The molecule has 0 fully saturated rings. The third-order valence-electron chi connectivity index (χ3n) is 2.37. The molecule has 0 aliphatic carbocycles. The number of hydrogen-bond donors (Lipinski definition) is 2. The largest absolute Gasteiger partial charge is 0.359 e. The van der Waals surface area contributed by atoms with E-state index in [2.05, 4.69) is 10.6 Å². The Bertz CT molecular complexity index is 607. The van der Waals surface area contributed by atoms with Gasteiger partial charge in [0.1, 0.15) is 17.7 Å². The van der Waals surface area contributed by atoms with Gasteiger partial charge in [0.15, 0.2) is 0 Å². The Morgan fingerprint density at radius 2 is 2.00 bits per heavy atom. The molecule has 0 atom stereocenters. The van der Waals surface area contributed by atoms with E-state index in [1.165, 1.54) is 6.20 Å². The first kappa shape index (κ1) is 15.6. The highest BCUT2D eigenvalue weighted by molar-refractivity contribution is 6.33. The summed E-state index contributed by atoms with van der Waals surface area (Å²) < 4.78 is 0. The zero-order valence-electron chi connectivity index (χ0n) is 11.1. The SMILES string of the molecule is CC(C)C(=O)Nc1ccc(Cl)c(NC=C(C#N)C#N)c1.